The quantitative estimate of drug-likeness (QED) is 0.580. The topological polar surface area (TPSA) is 93.8 Å². The minimum atomic E-state index is -0.621. The van der Waals surface area contributed by atoms with E-state index in [2.05, 4.69) is 10.5 Å². The van der Waals surface area contributed by atoms with Crippen LogP contribution in [0.4, 0.5) is 0 Å². The second-order valence-corrected chi connectivity index (χ2v) is 7.60. The van der Waals surface area contributed by atoms with E-state index in [0.29, 0.717) is 24.4 Å². The first-order chi connectivity index (χ1) is 15.2. The van der Waals surface area contributed by atoms with Crippen LogP contribution < -0.4 is 10.1 Å². The number of aliphatic hydroxyl groups is 1. The van der Waals surface area contributed by atoms with E-state index >= 15 is 0 Å². The average Bonchev–Trinajstić information content (AvgIpc) is 3.28. The maximum absolute atomic E-state index is 12.1. The molecular weight excluding hydrogens is 396 g/mol. The zero-order valence-electron chi connectivity index (χ0n) is 17.1. The van der Waals surface area contributed by atoms with Gasteiger partial charge in [0.2, 0.25) is 0 Å². The maximum Gasteiger partial charge on any atom is 0.258 e. The van der Waals surface area contributed by atoms with Crippen molar-refractivity contribution in [2.75, 3.05) is 13.2 Å². The van der Waals surface area contributed by atoms with Crippen molar-refractivity contribution in [2.24, 2.45) is 0 Å². The average molecular weight is 422 g/mol. The van der Waals surface area contributed by atoms with Crippen LogP contribution in [0.15, 0.2) is 71.3 Å². The molecule has 3 unspecified atom stereocenters. The smallest absolute Gasteiger partial charge is 0.258 e. The molecule has 31 heavy (non-hydrogen) atoms. The van der Waals surface area contributed by atoms with Crippen LogP contribution in [-0.2, 0) is 16.0 Å². The monoisotopic (exact) mass is 422 g/mol. The van der Waals surface area contributed by atoms with E-state index in [1.54, 1.807) is 12.1 Å². The number of aliphatic hydroxyl groups excluding tert-OH is 1. The van der Waals surface area contributed by atoms with Gasteiger partial charge in [0.25, 0.3) is 5.91 Å². The lowest BCUT2D eigenvalue weighted by Gasteiger charge is -2.33. The van der Waals surface area contributed by atoms with Gasteiger partial charge in [0, 0.05) is 24.6 Å². The molecule has 1 aromatic heterocycles. The van der Waals surface area contributed by atoms with E-state index in [0.717, 1.165) is 17.7 Å². The summed E-state index contributed by atoms with van der Waals surface area (Å²) in [7, 11) is 0. The molecule has 4 rings (SSSR count). The summed E-state index contributed by atoms with van der Waals surface area (Å²) in [4.78, 5) is 12.1. The predicted molar refractivity (Wildman–Crippen MR) is 114 cm³/mol. The highest BCUT2D eigenvalue weighted by Crippen LogP contribution is 2.25. The van der Waals surface area contributed by atoms with Gasteiger partial charge in [-0.05, 0) is 25.0 Å². The molecule has 0 bridgehead atoms. The Kier molecular flexibility index (Phi) is 6.96. The Balaban J connectivity index is 1.25. The highest BCUT2D eigenvalue weighted by Gasteiger charge is 2.30. The number of hydrogen-bond donors (Lipinski definition) is 2. The first kappa shape index (κ1) is 21.1. The number of aromatic nitrogens is 1. The van der Waals surface area contributed by atoms with Gasteiger partial charge in [0.15, 0.2) is 12.4 Å². The molecule has 7 nitrogen and oxygen atoms in total. The Morgan fingerprint density at radius 2 is 1.84 bits per heavy atom. The molecule has 0 aliphatic carbocycles. The van der Waals surface area contributed by atoms with E-state index in [1.807, 2.05) is 54.6 Å². The van der Waals surface area contributed by atoms with Crippen LogP contribution in [0.5, 0.6) is 5.75 Å². The summed E-state index contributed by atoms with van der Waals surface area (Å²) in [5.41, 5.74) is 1.78. The molecule has 2 N–H and O–H groups in total. The number of hydrogen-bond acceptors (Lipinski definition) is 6. The molecule has 1 amide bonds. The van der Waals surface area contributed by atoms with Gasteiger partial charge in [0.05, 0.1) is 17.9 Å². The van der Waals surface area contributed by atoms with Crippen LogP contribution in [0.25, 0.3) is 11.3 Å². The summed E-state index contributed by atoms with van der Waals surface area (Å²) >= 11 is 0. The molecule has 1 fully saturated rings. The van der Waals surface area contributed by atoms with Crippen molar-refractivity contribution in [3.63, 3.8) is 0 Å². The second-order valence-electron chi connectivity index (χ2n) is 7.60. The lowest BCUT2D eigenvalue weighted by Crippen LogP contribution is -2.47. The molecular formula is C24H26N2O5. The predicted octanol–water partition coefficient (Wildman–Crippen LogP) is 2.99. The van der Waals surface area contributed by atoms with Crippen molar-refractivity contribution in [3.05, 3.63) is 72.4 Å². The first-order valence-corrected chi connectivity index (χ1v) is 10.5. The molecule has 1 aliphatic heterocycles. The largest absolute Gasteiger partial charge is 0.484 e. The minimum absolute atomic E-state index is 0.0859. The SMILES string of the molecule is O=C(COc1ccccc1)NCC1OC(Cc2cc(-c3ccccc3)on2)CCC1O. The van der Waals surface area contributed by atoms with E-state index in [9.17, 15) is 9.90 Å². The Labute approximate surface area is 181 Å². The van der Waals surface area contributed by atoms with Crippen LogP contribution in [0.3, 0.4) is 0 Å². The molecule has 0 spiro atoms. The first-order valence-electron chi connectivity index (χ1n) is 10.5. The van der Waals surface area contributed by atoms with Gasteiger partial charge in [0.1, 0.15) is 11.9 Å². The van der Waals surface area contributed by atoms with Gasteiger partial charge in [-0.15, -0.1) is 0 Å². The molecule has 1 saturated heterocycles. The normalized spacial score (nSPS) is 20.9. The lowest BCUT2D eigenvalue weighted by atomic mass is 9.98. The van der Waals surface area contributed by atoms with E-state index in [-0.39, 0.29) is 25.2 Å². The molecule has 0 saturated carbocycles. The highest BCUT2D eigenvalue weighted by molar-refractivity contribution is 5.77. The van der Waals surface area contributed by atoms with E-state index in [1.165, 1.54) is 0 Å². The van der Waals surface area contributed by atoms with Crippen LogP contribution in [0.1, 0.15) is 18.5 Å². The van der Waals surface area contributed by atoms with Crippen molar-refractivity contribution in [3.8, 4) is 17.1 Å². The molecule has 2 heterocycles. The lowest BCUT2D eigenvalue weighted by molar-refractivity contribution is -0.130. The van der Waals surface area contributed by atoms with E-state index < -0.39 is 12.2 Å². The van der Waals surface area contributed by atoms with Crippen molar-refractivity contribution < 1.29 is 23.9 Å². The third-order valence-corrected chi connectivity index (χ3v) is 5.25. The summed E-state index contributed by atoms with van der Waals surface area (Å²) in [6, 6.07) is 20.9. The van der Waals surface area contributed by atoms with Crippen LogP contribution >= 0.6 is 0 Å². The summed E-state index contributed by atoms with van der Waals surface area (Å²) in [5, 5.41) is 17.2. The third kappa shape index (κ3) is 5.93. The molecule has 162 valence electrons. The fraction of sp³-hybridized carbons (Fsp3) is 0.333. The van der Waals surface area contributed by atoms with Crippen molar-refractivity contribution >= 4 is 5.91 Å². The van der Waals surface area contributed by atoms with Crippen molar-refractivity contribution in [2.45, 2.75) is 37.6 Å². The molecule has 2 aromatic carbocycles. The van der Waals surface area contributed by atoms with Gasteiger partial charge in [-0.2, -0.15) is 0 Å². The number of ether oxygens (including phenoxy) is 2. The number of benzene rings is 2. The molecule has 3 atom stereocenters. The zero-order chi connectivity index (χ0) is 21.5. The zero-order valence-corrected chi connectivity index (χ0v) is 17.1. The Bertz CT molecular complexity index is 960. The molecule has 0 radical (unpaired) electrons. The third-order valence-electron chi connectivity index (χ3n) is 5.25. The maximum atomic E-state index is 12.1. The minimum Gasteiger partial charge on any atom is -0.484 e. The number of nitrogens with zero attached hydrogens (tertiary/aromatic N) is 1. The Morgan fingerprint density at radius 3 is 2.61 bits per heavy atom. The second kappa shape index (κ2) is 10.2. The summed E-state index contributed by atoms with van der Waals surface area (Å²) in [5.74, 6) is 1.09. The van der Waals surface area contributed by atoms with Gasteiger partial charge in [-0.1, -0.05) is 53.7 Å². The van der Waals surface area contributed by atoms with Crippen LogP contribution in [0, 0.1) is 0 Å². The highest BCUT2D eigenvalue weighted by atomic mass is 16.5. The van der Waals surface area contributed by atoms with Gasteiger partial charge in [-0.25, -0.2) is 0 Å². The van der Waals surface area contributed by atoms with Crippen LogP contribution in [-0.4, -0.2) is 47.6 Å². The number of nitrogens with one attached hydrogen (secondary N) is 1. The summed E-state index contributed by atoms with van der Waals surface area (Å²) < 4.78 is 16.9. The van der Waals surface area contributed by atoms with E-state index in [4.69, 9.17) is 14.0 Å². The van der Waals surface area contributed by atoms with Gasteiger partial charge < -0.3 is 24.4 Å². The number of carbonyl (C=O) groups excluding carboxylic acids is 1. The molecule has 1 aliphatic rings. The number of amides is 1. The molecule has 7 heteroatoms. The van der Waals surface area contributed by atoms with Gasteiger partial charge in [-0.3, -0.25) is 4.79 Å². The Morgan fingerprint density at radius 1 is 1.10 bits per heavy atom. The summed E-state index contributed by atoms with van der Waals surface area (Å²) in [6.07, 6.45) is 0.721. The van der Waals surface area contributed by atoms with Gasteiger partial charge >= 0.3 is 0 Å². The number of carbonyl (C=O) groups is 1. The molecule has 3 aromatic rings. The fourth-order valence-corrected chi connectivity index (χ4v) is 3.59. The fourth-order valence-electron chi connectivity index (χ4n) is 3.59. The standard InChI is InChI=1S/C24H26N2O5/c27-21-12-11-20(13-18-14-22(31-26-18)17-7-3-1-4-8-17)30-23(21)15-25-24(28)16-29-19-9-5-2-6-10-19/h1-10,14,20-21,23,27H,11-13,15-16H2,(H,25,28). The summed E-state index contributed by atoms with van der Waals surface area (Å²) in [6.45, 7) is 0.139. The number of rotatable bonds is 8. The van der Waals surface area contributed by atoms with Crippen LogP contribution in [0.2, 0.25) is 0 Å². The Hall–Kier alpha value is -3.16. The van der Waals surface area contributed by atoms with Crippen molar-refractivity contribution in [1.82, 2.24) is 10.5 Å². The van der Waals surface area contributed by atoms with Crippen molar-refractivity contribution in [1.29, 1.82) is 0 Å². The number of para-hydroxylation sites is 1.